The first-order chi connectivity index (χ1) is 13.3. The number of nitriles is 1. The van der Waals surface area contributed by atoms with E-state index < -0.39 is 5.92 Å². The van der Waals surface area contributed by atoms with Gasteiger partial charge in [0.1, 0.15) is 11.0 Å². The summed E-state index contributed by atoms with van der Waals surface area (Å²) in [6.45, 7) is 1.81. The van der Waals surface area contributed by atoms with Gasteiger partial charge in [0.05, 0.1) is 23.9 Å². The number of nitrogens with zero attached hydrogens (tertiary/aromatic N) is 6. The average molecular weight is 359 g/mol. The van der Waals surface area contributed by atoms with E-state index >= 15 is 0 Å². The van der Waals surface area contributed by atoms with Crippen LogP contribution in [0.4, 0.5) is 5.82 Å². The van der Waals surface area contributed by atoms with Crippen LogP contribution in [0.5, 0.6) is 0 Å². The normalized spacial score (nSPS) is 22.8. The maximum absolute atomic E-state index is 10.1. The molecular weight excluding hydrogens is 342 g/mol. The largest absolute Gasteiger partial charge is 0.302 e. The van der Waals surface area contributed by atoms with Gasteiger partial charge in [0, 0.05) is 24.6 Å². The second kappa shape index (κ2) is 6.14. The van der Waals surface area contributed by atoms with Crippen LogP contribution in [0.25, 0.3) is 11.0 Å². The van der Waals surface area contributed by atoms with Crippen LogP contribution in [-0.2, 0) is 0 Å². The van der Waals surface area contributed by atoms with Gasteiger partial charge in [-0.3, -0.25) is 5.10 Å². The summed E-state index contributed by atoms with van der Waals surface area (Å²) in [6, 6.07) is 8.23. The Balaban J connectivity index is 1.69. The topological polar surface area (TPSA) is 107 Å². The molecule has 0 saturated carbocycles. The van der Waals surface area contributed by atoms with Crippen molar-refractivity contribution in [1.29, 1.82) is 5.26 Å². The standard InChI is InChI=1S/C19H17N7O/c1-26-7-5-11(6-8-26)17-13(9-20)16(14-10-21-23-19(14)22-17)12-3-2-4-15-18(12)25-27-24-15/h2-5,10,13,16H,6-8H2,1H3,(H,21,23). The number of aromatic nitrogens is 4. The van der Waals surface area contributed by atoms with E-state index in [1.807, 2.05) is 18.2 Å². The fraction of sp³-hybridized carbons (Fsp3) is 0.316. The van der Waals surface area contributed by atoms with Gasteiger partial charge in [-0.05, 0) is 41.0 Å². The van der Waals surface area contributed by atoms with Crippen LogP contribution in [0, 0.1) is 17.2 Å². The van der Waals surface area contributed by atoms with Gasteiger partial charge in [0.15, 0.2) is 5.82 Å². The zero-order valence-electron chi connectivity index (χ0n) is 14.8. The highest BCUT2D eigenvalue weighted by Gasteiger charge is 2.38. The number of H-pyrrole nitrogens is 1. The van der Waals surface area contributed by atoms with E-state index in [2.05, 4.69) is 44.6 Å². The number of aromatic amines is 1. The Morgan fingerprint density at radius 3 is 3.04 bits per heavy atom. The van der Waals surface area contributed by atoms with E-state index in [1.54, 1.807) is 6.20 Å². The lowest BCUT2D eigenvalue weighted by molar-refractivity contribution is 0.315. The summed E-state index contributed by atoms with van der Waals surface area (Å²) in [4.78, 5) is 7.02. The summed E-state index contributed by atoms with van der Waals surface area (Å²) in [5.74, 6) is 0.0502. The molecule has 134 valence electrons. The molecule has 2 aliphatic heterocycles. The van der Waals surface area contributed by atoms with Crippen molar-refractivity contribution in [2.24, 2.45) is 10.9 Å². The Kier molecular flexibility index (Phi) is 3.62. The maximum Gasteiger partial charge on any atom is 0.152 e. The number of likely N-dealkylation sites (N-methyl/N-ethyl adjacent to an activating group) is 1. The van der Waals surface area contributed by atoms with Gasteiger partial charge >= 0.3 is 0 Å². The quantitative estimate of drug-likeness (QED) is 0.753. The number of fused-ring (bicyclic) bond motifs is 2. The predicted octanol–water partition coefficient (Wildman–Crippen LogP) is 2.57. The maximum atomic E-state index is 10.1. The van der Waals surface area contributed by atoms with Crippen molar-refractivity contribution < 1.29 is 4.63 Å². The molecule has 0 radical (unpaired) electrons. The molecule has 1 aromatic carbocycles. The molecule has 2 aromatic heterocycles. The second-order valence-electron chi connectivity index (χ2n) is 6.98. The summed E-state index contributed by atoms with van der Waals surface area (Å²) < 4.78 is 4.94. The molecule has 0 spiro atoms. The molecule has 5 rings (SSSR count). The third kappa shape index (κ3) is 2.47. The van der Waals surface area contributed by atoms with Crippen LogP contribution in [0.1, 0.15) is 23.5 Å². The van der Waals surface area contributed by atoms with Crippen molar-refractivity contribution >= 4 is 22.6 Å². The van der Waals surface area contributed by atoms with Gasteiger partial charge in [0.2, 0.25) is 0 Å². The number of rotatable bonds is 2. The van der Waals surface area contributed by atoms with Gasteiger partial charge in [0.25, 0.3) is 0 Å². The van der Waals surface area contributed by atoms with E-state index in [1.165, 1.54) is 0 Å². The Morgan fingerprint density at radius 2 is 2.22 bits per heavy atom. The molecule has 0 saturated heterocycles. The highest BCUT2D eigenvalue weighted by Crippen LogP contribution is 2.44. The molecule has 2 unspecified atom stereocenters. The zero-order valence-corrected chi connectivity index (χ0v) is 14.8. The monoisotopic (exact) mass is 359 g/mol. The summed E-state index contributed by atoms with van der Waals surface area (Å²) in [5.41, 5.74) is 5.11. The molecule has 4 heterocycles. The third-order valence-electron chi connectivity index (χ3n) is 5.38. The van der Waals surface area contributed by atoms with Crippen LogP contribution in [-0.4, -0.2) is 51.3 Å². The first-order valence-electron chi connectivity index (χ1n) is 8.87. The minimum absolute atomic E-state index is 0.229. The number of nitrogens with one attached hydrogen (secondary N) is 1. The Morgan fingerprint density at radius 1 is 1.30 bits per heavy atom. The van der Waals surface area contributed by atoms with Gasteiger partial charge in [-0.2, -0.15) is 10.4 Å². The van der Waals surface area contributed by atoms with Gasteiger partial charge in [-0.25, -0.2) is 9.62 Å². The zero-order chi connectivity index (χ0) is 18.4. The molecule has 3 aromatic rings. The van der Waals surface area contributed by atoms with Gasteiger partial charge < -0.3 is 4.90 Å². The fourth-order valence-electron chi connectivity index (χ4n) is 3.97. The SMILES string of the molecule is CN1CC=C(C2=Nc3[nH]ncc3C(c3cccc4nonc34)C2C#N)CC1. The van der Waals surface area contributed by atoms with Crippen LogP contribution in [0.2, 0.25) is 0 Å². The average Bonchev–Trinajstić information content (AvgIpc) is 3.36. The lowest BCUT2D eigenvalue weighted by Crippen LogP contribution is -2.31. The predicted molar refractivity (Wildman–Crippen MR) is 98.6 cm³/mol. The highest BCUT2D eigenvalue weighted by molar-refractivity contribution is 6.07. The molecule has 8 heteroatoms. The molecule has 0 bridgehead atoms. The van der Waals surface area contributed by atoms with E-state index in [9.17, 15) is 5.26 Å². The Labute approximate surface area is 155 Å². The molecule has 8 nitrogen and oxygen atoms in total. The lowest BCUT2D eigenvalue weighted by Gasteiger charge is -2.30. The summed E-state index contributed by atoms with van der Waals surface area (Å²) in [5, 5.41) is 25.3. The van der Waals surface area contributed by atoms with E-state index in [-0.39, 0.29) is 5.92 Å². The van der Waals surface area contributed by atoms with Crippen LogP contribution >= 0.6 is 0 Å². The van der Waals surface area contributed by atoms with Crippen molar-refractivity contribution in [2.45, 2.75) is 12.3 Å². The van der Waals surface area contributed by atoms with Crippen LogP contribution < -0.4 is 0 Å². The molecule has 27 heavy (non-hydrogen) atoms. The molecule has 2 atom stereocenters. The minimum Gasteiger partial charge on any atom is -0.302 e. The van der Waals surface area contributed by atoms with Crippen molar-refractivity contribution in [3.8, 4) is 6.07 Å². The number of hydrogen-bond donors (Lipinski definition) is 1. The third-order valence-corrected chi connectivity index (χ3v) is 5.38. The van der Waals surface area contributed by atoms with E-state index in [4.69, 9.17) is 9.62 Å². The van der Waals surface area contributed by atoms with E-state index in [0.29, 0.717) is 16.9 Å². The molecule has 0 fully saturated rings. The lowest BCUT2D eigenvalue weighted by atomic mass is 9.75. The smallest absolute Gasteiger partial charge is 0.152 e. The summed E-state index contributed by atoms with van der Waals surface area (Å²) >= 11 is 0. The Bertz CT molecular complexity index is 1120. The summed E-state index contributed by atoms with van der Waals surface area (Å²) in [7, 11) is 2.09. The first-order valence-corrected chi connectivity index (χ1v) is 8.87. The van der Waals surface area contributed by atoms with Gasteiger partial charge in [-0.15, -0.1) is 0 Å². The van der Waals surface area contributed by atoms with E-state index in [0.717, 1.165) is 41.9 Å². The number of benzene rings is 1. The first kappa shape index (κ1) is 15.9. The van der Waals surface area contributed by atoms with Crippen molar-refractivity contribution in [3.05, 3.63) is 47.2 Å². The van der Waals surface area contributed by atoms with Crippen molar-refractivity contribution in [3.63, 3.8) is 0 Å². The molecule has 0 amide bonds. The molecule has 1 N–H and O–H groups in total. The Hall–Kier alpha value is -3.31. The van der Waals surface area contributed by atoms with Crippen LogP contribution in [0.3, 0.4) is 0 Å². The number of hydrogen-bond acceptors (Lipinski definition) is 7. The summed E-state index contributed by atoms with van der Waals surface area (Å²) in [6.07, 6.45) is 4.79. The van der Waals surface area contributed by atoms with Gasteiger partial charge in [-0.1, -0.05) is 18.2 Å². The molecular formula is C19H17N7O. The number of aliphatic imine (C=N–C) groups is 1. The van der Waals surface area contributed by atoms with Crippen molar-refractivity contribution in [2.75, 3.05) is 20.1 Å². The van der Waals surface area contributed by atoms with Crippen molar-refractivity contribution in [1.82, 2.24) is 25.4 Å². The highest BCUT2D eigenvalue weighted by atomic mass is 16.6. The molecule has 2 aliphatic rings. The fourth-order valence-corrected chi connectivity index (χ4v) is 3.97. The van der Waals surface area contributed by atoms with Crippen LogP contribution in [0.15, 0.2) is 45.7 Å². The second-order valence-corrected chi connectivity index (χ2v) is 6.98. The molecule has 0 aliphatic carbocycles. The minimum atomic E-state index is -0.424.